The fourth-order valence-electron chi connectivity index (χ4n) is 2.87. The second kappa shape index (κ2) is 10.5. The van der Waals surface area contributed by atoms with Crippen LogP contribution in [-0.2, 0) is 6.54 Å². The number of carbonyl (C=O) groups is 2. The van der Waals surface area contributed by atoms with Crippen LogP contribution in [0, 0.1) is 0 Å². The van der Waals surface area contributed by atoms with Crippen LogP contribution in [0.3, 0.4) is 0 Å². The van der Waals surface area contributed by atoms with Crippen LogP contribution < -0.4 is 25.8 Å². The van der Waals surface area contributed by atoms with E-state index in [0.29, 0.717) is 23.1 Å². The standard InChI is InChI=1S/C22H24ClN5O4/c1-3-10-32-19-9-6-15(11-17(19)23)28-13-18(26-22(24)30)20(27-28)21(29)25-12-14-4-7-16(31-2)8-5-14/h4-9,11,13H,3,10,12H2,1-2H3,(H,25,29)(H3,24,26,30). The Hall–Kier alpha value is -3.72. The number of aromatic nitrogens is 2. The highest BCUT2D eigenvalue weighted by Gasteiger charge is 2.19. The zero-order chi connectivity index (χ0) is 23.1. The van der Waals surface area contributed by atoms with E-state index in [4.69, 9.17) is 26.8 Å². The van der Waals surface area contributed by atoms with Gasteiger partial charge in [0.05, 0.1) is 36.3 Å². The molecule has 9 nitrogen and oxygen atoms in total. The number of rotatable bonds is 9. The zero-order valence-electron chi connectivity index (χ0n) is 17.7. The third kappa shape index (κ3) is 5.70. The molecule has 3 amide bonds. The fraction of sp³-hybridized carbons (Fsp3) is 0.227. The summed E-state index contributed by atoms with van der Waals surface area (Å²) in [6.07, 6.45) is 2.35. The van der Waals surface area contributed by atoms with Crippen LogP contribution in [-0.4, -0.2) is 35.4 Å². The number of urea groups is 1. The van der Waals surface area contributed by atoms with Crippen molar-refractivity contribution in [1.29, 1.82) is 0 Å². The van der Waals surface area contributed by atoms with E-state index in [1.807, 2.05) is 19.1 Å². The quantitative estimate of drug-likeness (QED) is 0.452. The monoisotopic (exact) mass is 457 g/mol. The third-order valence-electron chi connectivity index (χ3n) is 4.44. The summed E-state index contributed by atoms with van der Waals surface area (Å²) >= 11 is 6.30. The molecular weight excluding hydrogens is 434 g/mol. The summed E-state index contributed by atoms with van der Waals surface area (Å²) in [5, 5.41) is 9.94. The zero-order valence-corrected chi connectivity index (χ0v) is 18.5. The second-order valence-electron chi connectivity index (χ2n) is 6.82. The van der Waals surface area contributed by atoms with Gasteiger partial charge in [-0.3, -0.25) is 4.79 Å². The average molecular weight is 458 g/mol. The van der Waals surface area contributed by atoms with Crippen LogP contribution in [0.2, 0.25) is 5.02 Å². The van der Waals surface area contributed by atoms with Gasteiger partial charge in [0.25, 0.3) is 5.91 Å². The first-order valence-corrected chi connectivity index (χ1v) is 10.3. The van der Waals surface area contributed by atoms with E-state index < -0.39 is 11.9 Å². The minimum absolute atomic E-state index is 0.0137. The molecule has 168 valence electrons. The Bertz CT molecular complexity index is 1100. The number of nitrogens with two attached hydrogens (primary N) is 1. The second-order valence-corrected chi connectivity index (χ2v) is 7.23. The number of nitrogens with zero attached hydrogens (tertiary/aromatic N) is 2. The molecule has 3 rings (SSSR count). The molecule has 0 saturated heterocycles. The fourth-order valence-corrected chi connectivity index (χ4v) is 3.10. The first kappa shape index (κ1) is 23.0. The molecule has 0 unspecified atom stereocenters. The number of anilines is 1. The maximum atomic E-state index is 12.8. The summed E-state index contributed by atoms with van der Waals surface area (Å²) in [5.41, 5.74) is 6.90. The maximum absolute atomic E-state index is 12.8. The minimum Gasteiger partial charge on any atom is -0.497 e. The number of halogens is 1. The third-order valence-corrected chi connectivity index (χ3v) is 4.74. The van der Waals surface area contributed by atoms with Gasteiger partial charge in [-0.2, -0.15) is 5.10 Å². The highest BCUT2D eigenvalue weighted by molar-refractivity contribution is 6.32. The highest BCUT2D eigenvalue weighted by atomic mass is 35.5. The Morgan fingerprint density at radius 2 is 1.94 bits per heavy atom. The van der Waals surface area contributed by atoms with Crippen LogP contribution in [0.4, 0.5) is 10.5 Å². The lowest BCUT2D eigenvalue weighted by Crippen LogP contribution is -2.26. The van der Waals surface area contributed by atoms with E-state index >= 15 is 0 Å². The van der Waals surface area contributed by atoms with E-state index in [0.717, 1.165) is 17.7 Å². The lowest BCUT2D eigenvalue weighted by Gasteiger charge is -2.08. The van der Waals surface area contributed by atoms with Gasteiger partial charge in [0.15, 0.2) is 5.69 Å². The molecule has 32 heavy (non-hydrogen) atoms. The van der Waals surface area contributed by atoms with Crippen molar-refractivity contribution in [2.24, 2.45) is 5.73 Å². The predicted octanol–water partition coefficient (Wildman–Crippen LogP) is 3.74. The summed E-state index contributed by atoms with van der Waals surface area (Å²) in [5.74, 6) is 0.797. The molecule has 0 radical (unpaired) electrons. The molecule has 0 aliphatic heterocycles. The molecule has 0 aliphatic rings. The molecule has 4 N–H and O–H groups in total. The van der Waals surface area contributed by atoms with Gasteiger partial charge in [0, 0.05) is 6.54 Å². The molecule has 0 fully saturated rings. The molecule has 3 aromatic rings. The lowest BCUT2D eigenvalue weighted by molar-refractivity contribution is 0.0946. The van der Waals surface area contributed by atoms with Crippen LogP contribution in [0.15, 0.2) is 48.7 Å². The van der Waals surface area contributed by atoms with Crippen molar-refractivity contribution in [2.45, 2.75) is 19.9 Å². The van der Waals surface area contributed by atoms with Crippen molar-refractivity contribution in [3.05, 3.63) is 64.9 Å². The highest BCUT2D eigenvalue weighted by Crippen LogP contribution is 2.28. The predicted molar refractivity (Wildman–Crippen MR) is 122 cm³/mol. The van der Waals surface area contributed by atoms with Gasteiger partial charge in [0.2, 0.25) is 0 Å². The normalized spacial score (nSPS) is 10.5. The van der Waals surface area contributed by atoms with Crippen molar-refractivity contribution in [1.82, 2.24) is 15.1 Å². The van der Waals surface area contributed by atoms with Gasteiger partial charge >= 0.3 is 6.03 Å². The van der Waals surface area contributed by atoms with E-state index in [-0.39, 0.29) is 17.9 Å². The summed E-state index contributed by atoms with van der Waals surface area (Å²) in [7, 11) is 1.58. The summed E-state index contributed by atoms with van der Waals surface area (Å²) < 4.78 is 12.1. The van der Waals surface area contributed by atoms with E-state index in [2.05, 4.69) is 15.7 Å². The molecule has 0 aliphatic carbocycles. The maximum Gasteiger partial charge on any atom is 0.316 e. The SMILES string of the molecule is CCCOc1ccc(-n2cc(NC(N)=O)c(C(=O)NCc3ccc(OC)cc3)n2)cc1Cl. The van der Waals surface area contributed by atoms with Gasteiger partial charge in [-0.15, -0.1) is 0 Å². The molecule has 0 spiro atoms. The first-order chi connectivity index (χ1) is 15.4. The molecule has 2 aromatic carbocycles. The van der Waals surface area contributed by atoms with Gasteiger partial charge in [0.1, 0.15) is 11.5 Å². The lowest BCUT2D eigenvalue weighted by atomic mass is 10.2. The average Bonchev–Trinajstić information content (AvgIpc) is 3.20. The van der Waals surface area contributed by atoms with E-state index in [1.165, 1.54) is 10.9 Å². The summed E-state index contributed by atoms with van der Waals surface area (Å²) in [6, 6.07) is 11.6. The van der Waals surface area contributed by atoms with Gasteiger partial charge < -0.3 is 25.8 Å². The van der Waals surface area contributed by atoms with Crippen molar-refractivity contribution in [3.8, 4) is 17.2 Å². The Kier molecular flexibility index (Phi) is 7.56. The van der Waals surface area contributed by atoms with Crippen molar-refractivity contribution < 1.29 is 19.1 Å². The van der Waals surface area contributed by atoms with Gasteiger partial charge in [-0.1, -0.05) is 30.7 Å². The van der Waals surface area contributed by atoms with Crippen LogP contribution in [0.25, 0.3) is 5.69 Å². The first-order valence-electron chi connectivity index (χ1n) is 9.91. The molecule has 0 bridgehead atoms. The smallest absolute Gasteiger partial charge is 0.316 e. The van der Waals surface area contributed by atoms with E-state index in [1.54, 1.807) is 37.4 Å². The number of primary amides is 1. The number of amides is 3. The largest absolute Gasteiger partial charge is 0.497 e. The molecule has 0 saturated carbocycles. The Labute approximate surface area is 190 Å². The molecule has 0 atom stereocenters. The molecule has 1 heterocycles. The topological polar surface area (TPSA) is 120 Å². The van der Waals surface area contributed by atoms with Crippen LogP contribution >= 0.6 is 11.6 Å². The van der Waals surface area contributed by atoms with Crippen molar-refractivity contribution in [2.75, 3.05) is 19.0 Å². The van der Waals surface area contributed by atoms with Crippen molar-refractivity contribution >= 4 is 29.2 Å². The minimum atomic E-state index is -0.810. The number of benzene rings is 2. The van der Waals surface area contributed by atoms with Gasteiger partial charge in [-0.25, -0.2) is 9.48 Å². The Morgan fingerprint density at radius 1 is 1.19 bits per heavy atom. The Morgan fingerprint density at radius 3 is 2.56 bits per heavy atom. The number of nitrogens with one attached hydrogen (secondary N) is 2. The number of carbonyl (C=O) groups excluding carboxylic acids is 2. The van der Waals surface area contributed by atoms with Crippen LogP contribution in [0.1, 0.15) is 29.4 Å². The van der Waals surface area contributed by atoms with Crippen molar-refractivity contribution in [3.63, 3.8) is 0 Å². The van der Waals surface area contributed by atoms with E-state index in [9.17, 15) is 9.59 Å². The number of methoxy groups -OCH3 is 1. The molecule has 1 aromatic heterocycles. The number of hydrogen-bond donors (Lipinski definition) is 3. The molecular formula is C22H24ClN5O4. The van der Waals surface area contributed by atoms with Gasteiger partial charge in [-0.05, 0) is 42.3 Å². The Balaban J connectivity index is 1.81. The summed E-state index contributed by atoms with van der Waals surface area (Å²) in [4.78, 5) is 24.2. The van der Waals surface area contributed by atoms with Crippen LogP contribution in [0.5, 0.6) is 11.5 Å². The number of hydrogen-bond acceptors (Lipinski definition) is 5. The number of ether oxygens (including phenoxy) is 2. The molecule has 10 heteroatoms. The summed E-state index contributed by atoms with van der Waals surface area (Å²) in [6.45, 7) is 2.81.